The van der Waals surface area contributed by atoms with Crippen molar-refractivity contribution in [3.8, 4) is 0 Å². The normalized spacial score (nSPS) is 17.9. The molecule has 0 saturated heterocycles. The fourth-order valence-corrected chi connectivity index (χ4v) is 1.15. The van der Waals surface area contributed by atoms with Gasteiger partial charge in [-0.2, -0.15) is 9.79 Å². The summed E-state index contributed by atoms with van der Waals surface area (Å²) >= 11 is 0. The summed E-state index contributed by atoms with van der Waals surface area (Å²) in [5.41, 5.74) is -0.491. The Hall–Kier alpha value is -1.55. The van der Waals surface area contributed by atoms with E-state index in [4.69, 9.17) is 0 Å². The van der Waals surface area contributed by atoms with Crippen LogP contribution in [-0.2, 0) is 16.9 Å². The van der Waals surface area contributed by atoms with Crippen LogP contribution in [0.5, 0.6) is 0 Å². The summed E-state index contributed by atoms with van der Waals surface area (Å²) in [5.74, 6) is 0.540. The summed E-state index contributed by atoms with van der Waals surface area (Å²) in [5, 5.41) is 11.8. The summed E-state index contributed by atoms with van der Waals surface area (Å²) in [7, 11) is 0. The van der Waals surface area contributed by atoms with E-state index in [1.54, 1.807) is 6.08 Å². The third kappa shape index (κ3) is 1.25. The molecule has 13 heavy (non-hydrogen) atoms. The molecule has 1 aliphatic rings. The van der Waals surface area contributed by atoms with Crippen molar-refractivity contribution in [2.45, 2.75) is 31.8 Å². The molecule has 0 bridgehead atoms. The van der Waals surface area contributed by atoms with E-state index in [0.717, 1.165) is 12.8 Å². The van der Waals surface area contributed by atoms with Crippen molar-refractivity contribution in [1.82, 2.24) is 20.2 Å². The predicted molar refractivity (Wildman–Crippen MR) is 42.5 cm³/mol. The van der Waals surface area contributed by atoms with Crippen LogP contribution >= 0.6 is 0 Å². The van der Waals surface area contributed by atoms with Crippen LogP contribution in [0.4, 0.5) is 0 Å². The number of rotatable bonds is 3. The molecule has 2 rings (SSSR count). The molecule has 0 radical (unpaired) electrons. The zero-order chi connectivity index (χ0) is 9.31. The number of aliphatic imine (C=N–C) groups is 1. The predicted octanol–water partition coefficient (Wildman–Crippen LogP) is 0.0179. The lowest BCUT2D eigenvalue weighted by Crippen LogP contribution is -2.06. The molecule has 1 fully saturated rings. The molecule has 1 saturated carbocycles. The maximum absolute atomic E-state index is 10.1. The smallest absolute Gasteiger partial charge is 0.211 e. The second-order valence-corrected chi connectivity index (χ2v) is 3.04. The van der Waals surface area contributed by atoms with Gasteiger partial charge in [0.05, 0.1) is 6.54 Å². The lowest BCUT2D eigenvalue weighted by molar-refractivity contribution is 0.540. The van der Waals surface area contributed by atoms with E-state index in [9.17, 15) is 4.79 Å². The first-order chi connectivity index (χ1) is 6.30. The van der Waals surface area contributed by atoms with Crippen LogP contribution in [0, 0.1) is 0 Å². The highest BCUT2D eigenvalue weighted by Gasteiger charge is 2.49. The highest BCUT2D eigenvalue weighted by Crippen LogP contribution is 2.47. The minimum Gasteiger partial charge on any atom is -0.211 e. The third-order valence-corrected chi connectivity index (χ3v) is 2.14. The number of hydrogen-bond acceptors (Lipinski definition) is 5. The van der Waals surface area contributed by atoms with Gasteiger partial charge in [0.15, 0.2) is 0 Å². The first-order valence-electron chi connectivity index (χ1n) is 4.18. The molecule has 6 nitrogen and oxygen atoms in total. The second-order valence-electron chi connectivity index (χ2n) is 3.04. The van der Waals surface area contributed by atoms with Crippen LogP contribution < -0.4 is 0 Å². The Kier molecular flexibility index (Phi) is 1.70. The average Bonchev–Trinajstić information content (AvgIpc) is 2.78. The van der Waals surface area contributed by atoms with Crippen molar-refractivity contribution in [2.75, 3.05) is 0 Å². The van der Waals surface area contributed by atoms with Gasteiger partial charge in [0, 0.05) is 0 Å². The molecular formula is C7H9N5O. The van der Waals surface area contributed by atoms with Gasteiger partial charge in [-0.25, -0.2) is 4.79 Å². The van der Waals surface area contributed by atoms with Crippen LogP contribution in [0.3, 0.4) is 0 Å². The van der Waals surface area contributed by atoms with Crippen molar-refractivity contribution in [1.29, 1.82) is 0 Å². The molecule has 1 aromatic rings. The molecule has 0 atom stereocenters. The van der Waals surface area contributed by atoms with E-state index >= 15 is 0 Å². The summed E-state index contributed by atoms with van der Waals surface area (Å²) < 4.78 is 0. The molecule has 6 heteroatoms. The van der Waals surface area contributed by atoms with E-state index in [2.05, 4.69) is 20.4 Å². The molecule has 1 heterocycles. The fourth-order valence-electron chi connectivity index (χ4n) is 1.15. The molecule has 0 aromatic carbocycles. The second kappa shape index (κ2) is 2.74. The number of aryl methyl sites for hydroxylation is 1. The van der Waals surface area contributed by atoms with Crippen LogP contribution in [0.1, 0.15) is 25.6 Å². The van der Waals surface area contributed by atoms with Gasteiger partial charge in [0.2, 0.25) is 11.9 Å². The number of nitrogens with zero attached hydrogens (tertiary/aromatic N) is 5. The molecule has 0 spiro atoms. The lowest BCUT2D eigenvalue weighted by atomic mass is 10.3. The zero-order valence-electron chi connectivity index (χ0n) is 7.27. The summed E-state index contributed by atoms with van der Waals surface area (Å²) in [6.07, 6.45) is 3.19. The number of isocyanates is 1. The van der Waals surface area contributed by atoms with Gasteiger partial charge in [0.1, 0.15) is 5.54 Å². The first-order valence-corrected chi connectivity index (χ1v) is 4.18. The number of carbonyl (C=O) groups excluding carboxylic acids is 1. The Labute approximate surface area is 74.7 Å². The topological polar surface area (TPSA) is 73.0 Å². The van der Waals surface area contributed by atoms with Gasteiger partial charge in [0.25, 0.3) is 0 Å². The SMILES string of the molecule is CCn1nnc(C2(N=C=O)CC2)n1. The van der Waals surface area contributed by atoms with Crippen LogP contribution in [0.2, 0.25) is 0 Å². The highest BCUT2D eigenvalue weighted by atomic mass is 16.1. The number of hydrogen-bond donors (Lipinski definition) is 0. The van der Waals surface area contributed by atoms with E-state index in [0.29, 0.717) is 12.4 Å². The molecular weight excluding hydrogens is 170 g/mol. The highest BCUT2D eigenvalue weighted by molar-refractivity contribution is 5.37. The van der Waals surface area contributed by atoms with Crippen molar-refractivity contribution >= 4 is 6.08 Å². The minimum absolute atomic E-state index is 0.491. The average molecular weight is 179 g/mol. The molecule has 0 unspecified atom stereocenters. The maximum Gasteiger partial charge on any atom is 0.235 e. The van der Waals surface area contributed by atoms with E-state index in [-0.39, 0.29) is 0 Å². The lowest BCUT2D eigenvalue weighted by Gasteiger charge is -1.97. The Morgan fingerprint density at radius 2 is 2.46 bits per heavy atom. The van der Waals surface area contributed by atoms with Crippen LogP contribution in [-0.4, -0.2) is 26.3 Å². The maximum atomic E-state index is 10.1. The summed E-state index contributed by atoms with van der Waals surface area (Å²) in [4.78, 5) is 15.3. The van der Waals surface area contributed by atoms with E-state index in [1.807, 2.05) is 6.92 Å². The Morgan fingerprint density at radius 1 is 1.69 bits per heavy atom. The Morgan fingerprint density at radius 3 is 2.92 bits per heavy atom. The number of tetrazole rings is 1. The number of aromatic nitrogens is 4. The molecule has 68 valence electrons. The van der Waals surface area contributed by atoms with Gasteiger partial charge in [-0.15, -0.1) is 10.2 Å². The fraction of sp³-hybridized carbons (Fsp3) is 0.714. The van der Waals surface area contributed by atoms with Gasteiger partial charge < -0.3 is 0 Å². The van der Waals surface area contributed by atoms with E-state index < -0.39 is 5.54 Å². The van der Waals surface area contributed by atoms with Crippen LogP contribution in [0.25, 0.3) is 0 Å². The first kappa shape index (κ1) is 8.07. The molecule has 0 aliphatic heterocycles. The molecule has 1 aromatic heterocycles. The van der Waals surface area contributed by atoms with Crippen molar-refractivity contribution in [3.05, 3.63) is 5.82 Å². The van der Waals surface area contributed by atoms with Gasteiger partial charge in [-0.3, -0.25) is 0 Å². The Bertz CT molecular complexity index is 361. The molecule has 0 N–H and O–H groups in total. The quantitative estimate of drug-likeness (QED) is 0.484. The monoisotopic (exact) mass is 179 g/mol. The minimum atomic E-state index is -0.491. The third-order valence-electron chi connectivity index (χ3n) is 2.14. The van der Waals surface area contributed by atoms with Crippen molar-refractivity contribution < 1.29 is 4.79 Å². The van der Waals surface area contributed by atoms with E-state index in [1.165, 1.54) is 4.80 Å². The van der Waals surface area contributed by atoms with Crippen LogP contribution in [0.15, 0.2) is 4.99 Å². The summed E-state index contributed by atoms with van der Waals surface area (Å²) in [6.45, 7) is 2.60. The molecule has 0 amide bonds. The summed E-state index contributed by atoms with van der Waals surface area (Å²) in [6, 6.07) is 0. The Balaban J connectivity index is 2.30. The van der Waals surface area contributed by atoms with Gasteiger partial charge in [-0.05, 0) is 25.0 Å². The van der Waals surface area contributed by atoms with Crippen molar-refractivity contribution in [3.63, 3.8) is 0 Å². The van der Waals surface area contributed by atoms with Crippen molar-refractivity contribution in [2.24, 2.45) is 4.99 Å². The zero-order valence-corrected chi connectivity index (χ0v) is 7.27. The molecule has 1 aliphatic carbocycles. The standard InChI is InChI=1S/C7H9N5O/c1-2-12-10-6(9-11-12)7(3-4-7)8-5-13/h2-4H2,1H3. The van der Waals surface area contributed by atoms with Gasteiger partial charge in [-0.1, -0.05) is 0 Å². The largest absolute Gasteiger partial charge is 0.235 e. The van der Waals surface area contributed by atoms with Gasteiger partial charge >= 0.3 is 0 Å².